The molecule has 0 saturated carbocycles. The van der Waals surface area contributed by atoms with Crippen molar-refractivity contribution < 1.29 is 32.0 Å². The molecule has 0 saturated heterocycles. The predicted octanol–water partition coefficient (Wildman–Crippen LogP) is 2.41. The van der Waals surface area contributed by atoms with Gasteiger partial charge in [-0.25, -0.2) is 4.98 Å². The number of alkyl halides is 3. The maximum atomic E-state index is 12.3. The highest BCUT2D eigenvalue weighted by Gasteiger charge is 2.30. The maximum Gasteiger partial charge on any atom is 0.433 e. The lowest BCUT2D eigenvalue weighted by Gasteiger charge is -2.08. The summed E-state index contributed by atoms with van der Waals surface area (Å²) in [6, 6.07) is 4.06. The fraction of sp³-hybridized carbons (Fsp3) is 0.231. The number of pyridine rings is 1. The molecule has 128 valence electrons. The number of nitrogens with one attached hydrogen (secondary N) is 1. The van der Waals surface area contributed by atoms with Gasteiger partial charge in [-0.2, -0.15) is 13.2 Å². The molecule has 24 heavy (non-hydrogen) atoms. The van der Waals surface area contributed by atoms with E-state index in [4.69, 9.17) is 9.15 Å². The molecule has 2 rings (SSSR count). The molecule has 0 unspecified atom stereocenters. The van der Waals surface area contributed by atoms with Crippen LogP contribution < -0.4 is 10.1 Å². The molecule has 2 aromatic rings. The van der Waals surface area contributed by atoms with Gasteiger partial charge in [-0.1, -0.05) is 0 Å². The molecule has 0 atom stereocenters. The lowest BCUT2D eigenvalue weighted by molar-refractivity contribution is -0.402. The van der Waals surface area contributed by atoms with Crippen molar-refractivity contribution in [2.24, 2.45) is 0 Å². The number of hydrogen-bond acceptors (Lipinski definition) is 6. The van der Waals surface area contributed by atoms with E-state index in [1.165, 1.54) is 0 Å². The van der Waals surface area contributed by atoms with Crippen LogP contribution in [0.25, 0.3) is 0 Å². The summed E-state index contributed by atoms with van der Waals surface area (Å²) in [5, 5.41) is 12.8. The number of amides is 1. The number of halogens is 3. The van der Waals surface area contributed by atoms with E-state index in [2.05, 4.69) is 10.3 Å². The fourth-order valence-electron chi connectivity index (χ4n) is 1.59. The van der Waals surface area contributed by atoms with Gasteiger partial charge in [0.05, 0.1) is 18.2 Å². The molecule has 0 aliphatic carbocycles. The minimum absolute atomic E-state index is 0.00394. The molecule has 8 nitrogen and oxygen atoms in total. The Bertz CT molecular complexity index is 727. The van der Waals surface area contributed by atoms with Crippen molar-refractivity contribution in [2.75, 3.05) is 13.2 Å². The average Bonchev–Trinajstić information content (AvgIpc) is 3.01. The van der Waals surface area contributed by atoms with Crippen molar-refractivity contribution in [3.63, 3.8) is 0 Å². The third-order valence-corrected chi connectivity index (χ3v) is 2.70. The SMILES string of the molecule is O=C(NCCOc1ccc(C(F)(F)F)cn1)c1ccc([N+](=O)[O-])o1. The van der Waals surface area contributed by atoms with Crippen LogP contribution in [0.4, 0.5) is 19.1 Å². The van der Waals surface area contributed by atoms with Crippen LogP contribution in [0.2, 0.25) is 0 Å². The third-order valence-electron chi connectivity index (χ3n) is 2.70. The second-order valence-electron chi connectivity index (χ2n) is 4.38. The first-order chi connectivity index (χ1) is 11.3. The minimum Gasteiger partial charge on any atom is -0.476 e. The van der Waals surface area contributed by atoms with E-state index in [1.807, 2.05) is 0 Å². The van der Waals surface area contributed by atoms with Gasteiger partial charge in [-0.15, -0.1) is 0 Å². The van der Waals surface area contributed by atoms with E-state index in [1.54, 1.807) is 0 Å². The normalized spacial score (nSPS) is 11.1. The fourth-order valence-corrected chi connectivity index (χ4v) is 1.59. The largest absolute Gasteiger partial charge is 0.476 e. The first kappa shape index (κ1) is 17.2. The number of rotatable bonds is 6. The summed E-state index contributed by atoms with van der Waals surface area (Å²) < 4.78 is 46.8. The van der Waals surface area contributed by atoms with Gasteiger partial charge < -0.3 is 14.5 Å². The number of ether oxygens (including phenoxy) is 1. The number of hydrogen-bond donors (Lipinski definition) is 1. The van der Waals surface area contributed by atoms with Crippen LogP contribution in [-0.4, -0.2) is 29.0 Å². The van der Waals surface area contributed by atoms with E-state index < -0.39 is 28.5 Å². The molecule has 0 bridgehead atoms. The Kier molecular flexibility index (Phi) is 5.02. The Balaban J connectivity index is 1.78. The monoisotopic (exact) mass is 345 g/mol. The molecule has 2 heterocycles. The molecule has 0 fully saturated rings. The van der Waals surface area contributed by atoms with Crippen molar-refractivity contribution >= 4 is 11.8 Å². The zero-order valence-corrected chi connectivity index (χ0v) is 11.9. The molecule has 0 spiro atoms. The molecular formula is C13H10F3N3O5. The van der Waals surface area contributed by atoms with Crippen molar-refractivity contribution in [3.05, 3.63) is 51.9 Å². The van der Waals surface area contributed by atoms with Gasteiger partial charge in [0.1, 0.15) is 11.5 Å². The van der Waals surface area contributed by atoms with Crippen LogP contribution >= 0.6 is 0 Å². The molecular weight excluding hydrogens is 335 g/mol. The van der Waals surface area contributed by atoms with Crippen LogP contribution in [0.3, 0.4) is 0 Å². The van der Waals surface area contributed by atoms with Crippen molar-refractivity contribution in [3.8, 4) is 5.88 Å². The second kappa shape index (κ2) is 6.98. The molecule has 1 amide bonds. The van der Waals surface area contributed by atoms with Gasteiger partial charge in [0, 0.05) is 12.3 Å². The summed E-state index contributed by atoms with van der Waals surface area (Å²) >= 11 is 0. The summed E-state index contributed by atoms with van der Waals surface area (Å²) in [4.78, 5) is 24.8. The summed E-state index contributed by atoms with van der Waals surface area (Å²) in [5.41, 5.74) is -0.900. The molecule has 2 aromatic heterocycles. The Labute approximate surface area is 132 Å². The molecule has 1 N–H and O–H groups in total. The summed E-state index contributed by atoms with van der Waals surface area (Å²) in [5.74, 6) is -1.53. The Hall–Kier alpha value is -3.11. The van der Waals surface area contributed by atoms with Crippen LogP contribution in [0.5, 0.6) is 5.88 Å². The third kappa shape index (κ3) is 4.44. The standard InChI is InChI=1S/C13H10F3N3O5/c14-13(15,16)8-1-3-10(18-7-8)23-6-5-17-12(20)9-2-4-11(24-9)19(21)22/h1-4,7H,5-6H2,(H,17,20). The summed E-state index contributed by atoms with van der Waals surface area (Å²) in [7, 11) is 0. The number of carbonyl (C=O) groups is 1. The molecule has 0 aliphatic heterocycles. The zero-order valence-electron chi connectivity index (χ0n) is 11.9. The van der Waals surface area contributed by atoms with Gasteiger partial charge in [0.2, 0.25) is 5.88 Å². The quantitative estimate of drug-likeness (QED) is 0.489. The first-order valence-electron chi connectivity index (χ1n) is 6.46. The molecule has 0 aliphatic rings. The molecule has 11 heteroatoms. The lowest BCUT2D eigenvalue weighted by Crippen LogP contribution is -2.27. The van der Waals surface area contributed by atoms with Gasteiger partial charge in [-0.3, -0.25) is 14.9 Å². The van der Waals surface area contributed by atoms with Gasteiger partial charge in [-0.05, 0) is 12.1 Å². The number of aromatic nitrogens is 1. The van der Waals surface area contributed by atoms with E-state index in [0.29, 0.717) is 6.20 Å². The average molecular weight is 345 g/mol. The Morgan fingerprint density at radius 1 is 1.33 bits per heavy atom. The Morgan fingerprint density at radius 2 is 2.08 bits per heavy atom. The zero-order chi connectivity index (χ0) is 17.7. The van der Waals surface area contributed by atoms with Crippen molar-refractivity contribution in [1.29, 1.82) is 0 Å². The number of furan rings is 1. The lowest BCUT2D eigenvalue weighted by atomic mass is 10.3. The number of carbonyl (C=O) groups excluding carboxylic acids is 1. The first-order valence-corrected chi connectivity index (χ1v) is 6.46. The highest BCUT2D eigenvalue weighted by Crippen LogP contribution is 2.29. The van der Waals surface area contributed by atoms with Crippen LogP contribution in [0.15, 0.2) is 34.9 Å². The van der Waals surface area contributed by atoms with Gasteiger partial charge in [0.15, 0.2) is 5.76 Å². The van der Waals surface area contributed by atoms with Crippen LogP contribution in [0, 0.1) is 10.1 Å². The maximum absolute atomic E-state index is 12.3. The van der Waals surface area contributed by atoms with E-state index in [9.17, 15) is 28.1 Å². The van der Waals surface area contributed by atoms with E-state index in [0.717, 1.165) is 24.3 Å². The van der Waals surface area contributed by atoms with Crippen molar-refractivity contribution in [1.82, 2.24) is 10.3 Å². The minimum atomic E-state index is -4.48. The highest BCUT2D eigenvalue weighted by atomic mass is 19.4. The smallest absolute Gasteiger partial charge is 0.433 e. The Morgan fingerprint density at radius 3 is 2.62 bits per heavy atom. The highest BCUT2D eigenvalue weighted by molar-refractivity contribution is 5.91. The predicted molar refractivity (Wildman–Crippen MR) is 72.4 cm³/mol. The van der Waals surface area contributed by atoms with Gasteiger partial charge >= 0.3 is 12.1 Å². The topological polar surface area (TPSA) is 108 Å². The molecule has 0 aromatic carbocycles. The van der Waals surface area contributed by atoms with Crippen LogP contribution in [0.1, 0.15) is 16.1 Å². The number of nitrogens with zero attached hydrogens (tertiary/aromatic N) is 2. The summed E-state index contributed by atoms with van der Waals surface area (Å²) in [6.45, 7) is -0.0665. The molecule has 0 radical (unpaired) electrons. The van der Waals surface area contributed by atoms with E-state index >= 15 is 0 Å². The van der Waals surface area contributed by atoms with Gasteiger partial charge in [0.25, 0.3) is 5.91 Å². The van der Waals surface area contributed by atoms with Crippen molar-refractivity contribution in [2.45, 2.75) is 6.18 Å². The summed E-state index contributed by atoms with van der Waals surface area (Å²) in [6.07, 6.45) is -3.85. The second-order valence-corrected chi connectivity index (χ2v) is 4.38. The number of nitro groups is 1. The van der Waals surface area contributed by atoms with Crippen LogP contribution in [-0.2, 0) is 6.18 Å². The van der Waals surface area contributed by atoms with E-state index in [-0.39, 0.29) is 24.8 Å².